The first-order valence-corrected chi connectivity index (χ1v) is 11.6. The van der Waals surface area contributed by atoms with Crippen molar-refractivity contribution >= 4 is 28.8 Å². The number of imidazole rings is 1. The van der Waals surface area contributed by atoms with Crippen molar-refractivity contribution in [1.29, 1.82) is 5.26 Å². The minimum Gasteiger partial charge on any atom is -0.333 e. The van der Waals surface area contributed by atoms with Crippen LogP contribution in [0.1, 0.15) is 42.6 Å². The lowest BCUT2D eigenvalue weighted by Gasteiger charge is -2.26. The zero-order chi connectivity index (χ0) is 24.2. The monoisotopic (exact) mass is 455 g/mol. The lowest BCUT2D eigenvalue weighted by molar-refractivity contribution is -0.127. The Kier molecular flexibility index (Phi) is 6.78. The van der Waals surface area contributed by atoms with E-state index in [4.69, 9.17) is 0 Å². The number of anilines is 1. The Morgan fingerprint density at radius 3 is 2.76 bits per heavy atom. The van der Waals surface area contributed by atoms with Crippen LogP contribution in [0, 0.1) is 24.2 Å². The predicted octanol–water partition coefficient (Wildman–Crippen LogP) is 4.69. The number of aromatic nitrogens is 2. The normalized spacial score (nSPS) is 16.1. The topological polar surface area (TPSA) is 91.0 Å². The molecule has 0 bridgehead atoms. The van der Waals surface area contributed by atoms with Crippen LogP contribution in [0.4, 0.5) is 5.95 Å². The molecule has 1 fully saturated rings. The molecule has 2 heterocycles. The highest BCUT2D eigenvalue weighted by Crippen LogP contribution is 2.26. The maximum atomic E-state index is 13.1. The number of nitrogens with one attached hydrogen (secondary N) is 1. The Hall–Kier alpha value is -3.92. The molecule has 1 aliphatic rings. The van der Waals surface area contributed by atoms with Crippen molar-refractivity contribution in [1.82, 2.24) is 14.5 Å². The van der Waals surface area contributed by atoms with Crippen molar-refractivity contribution in [2.75, 3.05) is 11.9 Å². The number of amides is 2. The third-order valence-electron chi connectivity index (χ3n) is 6.04. The molecule has 2 aromatic carbocycles. The molecule has 1 saturated heterocycles. The van der Waals surface area contributed by atoms with Gasteiger partial charge >= 0.3 is 0 Å². The molecule has 0 aliphatic carbocycles. The van der Waals surface area contributed by atoms with Crippen LogP contribution >= 0.6 is 0 Å². The SMILES string of the molecule is Cc1cccc(C(=O)Nc2nc3ccccc3n2CC2CCCN2C(=O)C(C#N)=CC(C)C)c1. The fourth-order valence-corrected chi connectivity index (χ4v) is 4.46. The quantitative estimate of drug-likeness (QED) is 0.431. The number of carbonyl (C=O) groups is 2. The van der Waals surface area contributed by atoms with Gasteiger partial charge in [0.15, 0.2) is 0 Å². The average Bonchev–Trinajstić information content (AvgIpc) is 3.42. The van der Waals surface area contributed by atoms with Crippen LogP contribution in [0.3, 0.4) is 0 Å². The number of hydrogen-bond acceptors (Lipinski definition) is 4. The lowest BCUT2D eigenvalue weighted by Crippen LogP contribution is -2.39. The van der Waals surface area contributed by atoms with Gasteiger partial charge in [-0.15, -0.1) is 0 Å². The zero-order valence-corrected chi connectivity index (χ0v) is 19.8. The smallest absolute Gasteiger partial charge is 0.264 e. The maximum Gasteiger partial charge on any atom is 0.264 e. The highest BCUT2D eigenvalue weighted by atomic mass is 16.2. The molecule has 1 unspecified atom stereocenters. The van der Waals surface area contributed by atoms with Crippen molar-refractivity contribution < 1.29 is 9.59 Å². The fourth-order valence-electron chi connectivity index (χ4n) is 4.46. The summed E-state index contributed by atoms with van der Waals surface area (Å²) in [5.74, 6) is 0.102. The molecule has 4 rings (SSSR count). The summed E-state index contributed by atoms with van der Waals surface area (Å²) in [4.78, 5) is 32.6. The molecule has 2 amide bonds. The van der Waals surface area contributed by atoms with Gasteiger partial charge in [0.1, 0.15) is 11.6 Å². The third kappa shape index (κ3) is 4.86. The largest absolute Gasteiger partial charge is 0.333 e. The molecule has 0 saturated carbocycles. The third-order valence-corrected chi connectivity index (χ3v) is 6.04. The Morgan fingerprint density at radius 2 is 2.03 bits per heavy atom. The van der Waals surface area contributed by atoms with E-state index in [1.165, 1.54) is 0 Å². The molecule has 1 aliphatic heterocycles. The summed E-state index contributed by atoms with van der Waals surface area (Å²) < 4.78 is 1.97. The molecule has 34 heavy (non-hydrogen) atoms. The highest BCUT2D eigenvalue weighted by molar-refractivity contribution is 6.04. The van der Waals surface area contributed by atoms with Crippen molar-refractivity contribution in [3.8, 4) is 6.07 Å². The molecular weight excluding hydrogens is 426 g/mol. The van der Waals surface area contributed by atoms with Gasteiger partial charge in [0.2, 0.25) is 5.95 Å². The van der Waals surface area contributed by atoms with Gasteiger partial charge in [0.05, 0.1) is 17.1 Å². The molecule has 7 nitrogen and oxygen atoms in total. The van der Waals surface area contributed by atoms with Crippen LogP contribution in [-0.4, -0.2) is 38.9 Å². The molecule has 1 N–H and O–H groups in total. The second-order valence-electron chi connectivity index (χ2n) is 9.09. The van der Waals surface area contributed by atoms with E-state index >= 15 is 0 Å². The molecule has 1 atom stereocenters. The Balaban J connectivity index is 1.64. The lowest BCUT2D eigenvalue weighted by atomic mass is 10.1. The van der Waals surface area contributed by atoms with Crippen LogP contribution < -0.4 is 5.32 Å². The van der Waals surface area contributed by atoms with Crippen LogP contribution in [0.15, 0.2) is 60.2 Å². The Bertz CT molecular complexity index is 1300. The van der Waals surface area contributed by atoms with Gasteiger partial charge in [-0.25, -0.2) is 4.98 Å². The van der Waals surface area contributed by atoms with Crippen LogP contribution in [0.5, 0.6) is 0 Å². The Labute approximate surface area is 199 Å². The van der Waals surface area contributed by atoms with Crippen LogP contribution in [0.25, 0.3) is 11.0 Å². The van der Waals surface area contributed by atoms with Gasteiger partial charge in [-0.05, 0) is 49.9 Å². The standard InChI is InChI=1S/C27H29N5O2/c1-18(2)14-21(16-28)26(34)31-13-7-10-22(31)17-32-24-12-5-4-11-23(24)29-27(32)30-25(33)20-9-6-8-19(3)15-20/h4-6,8-9,11-12,14-15,18,22H,7,10,13,17H2,1-3H3,(H,29,30,33). The van der Waals surface area contributed by atoms with Gasteiger partial charge in [-0.3, -0.25) is 14.9 Å². The first-order chi connectivity index (χ1) is 16.4. The number of nitrogens with zero attached hydrogens (tertiary/aromatic N) is 4. The zero-order valence-electron chi connectivity index (χ0n) is 19.8. The maximum absolute atomic E-state index is 13.1. The second kappa shape index (κ2) is 9.92. The predicted molar refractivity (Wildman–Crippen MR) is 132 cm³/mol. The number of aryl methyl sites for hydroxylation is 1. The molecule has 7 heteroatoms. The number of nitriles is 1. The highest BCUT2D eigenvalue weighted by Gasteiger charge is 2.32. The van der Waals surface area contributed by atoms with Crippen molar-refractivity contribution in [3.05, 3.63) is 71.3 Å². The molecule has 3 aromatic rings. The number of para-hydroxylation sites is 2. The number of likely N-dealkylation sites (tertiary alicyclic amines) is 1. The first kappa shape index (κ1) is 23.2. The van der Waals surface area contributed by atoms with E-state index in [1.54, 1.807) is 17.0 Å². The number of carbonyl (C=O) groups excluding carboxylic acids is 2. The van der Waals surface area contributed by atoms with E-state index in [9.17, 15) is 14.9 Å². The number of benzene rings is 2. The second-order valence-corrected chi connectivity index (χ2v) is 9.09. The van der Waals surface area contributed by atoms with Crippen LogP contribution in [-0.2, 0) is 11.3 Å². The van der Waals surface area contributed by atoms with Crippen molar-refractivity contribution in [2.45, 2.75) is 46.2 Å². The van der Waals surface area contributed by atoms with E-state index < -0.39 is 0 Å². The van der Waals surface area contributed by atoms with E-state index in [0.717, 1.165) is 29.4 Å². The van der Waals surface area contributed by atoms with Crippen LogP contribution in [0.2, 0.25) is 0 Å². The summed E-state index contributed by atoms with van der Waals surface area (Å²) in [6.07, 6.45) is 3.41. The minimum atomic E-state index is -0.230. The molecular formula is C27H29N5O2. The average molecular weight is 456 g/mol. The van der Waals surface area contributed by atoms with Gasteiger partial charge in [0.25, 0.3) is 11.8 Å². The molecule has 174 valence electrons. The van der Waals surface area contributed by atoms with E-state index in [2.05, 4.69) is 16.4 Å². The number of rotatable bonds is 6. The van der Waals surface area contributed by atoms with Crippen molar-refractivity contribution in [2.24, 2.45) is 5.92 Å². The summed E-state index contributed by atoms with van der Waals surface area (Å²) in [5, 5.41) is 12.5. The summed E-state index contributed by atoms with van der Waals surface area (Å²) in [6, 6.07) is 17.1. The van der Waals surface area contributed by atoms with Gasteiger partial charge in [-0.2, -0.15) is 5.26 Å². The number of fused-ring (bicyclic) bond motifs is 1. The van der Waals surface area contributed by atoms with Gasteiger partial charge in [-0.1, -0.05) is 49.8 Å². The number of allylic oxidation sites excluding steroid dienone is 1. The fraction of sp³-hybridized carbons (Fsp3) is 0.333. The molecule has 1 aromatic heterocycles. The van der Waals surface area contributed by atoms with E-state index in [1.807, 2.05) is 67.8 Å². The van der Waals surface area contributed by atoms with E-state index in [-0.39, 0.29) is 29.3 Å². The Morgan fingerprint density at radius 1 is 1.24 bits per heavy atom. The summed E-state index contributed by atoms with van der Waals surface area (Å²) in [5.41, 5.74) is 3.41. The number of hydrogen-bond donors (Lipinski definition) is 1. The summed E-state index contributed by atoms with van der Waals surface area (Å²) >= 11 is 0. The van der Waals surface area contributed by atoms with Crippen molar-refractivity contribution in [3.63, 3.8) is 0 Å². The first-order valence-electron chi connectivity index (χ1n) is 11.6. The summed E-state index contributed by atoms with van der Waals surface area (Å²) in [7, 11) is 0. The minimum absolute atomic E-state index is 0.0939. The van der Waals surface area contributed by atoms with Gasteiger partial charge in [0, 0.05) is 18.7 Å². The van der Waals surface area contributed by atoms with E-state index in [0.29, 0.717) is 24.6 Å². The van der Waals surface area contributed by atoms with Gasteiger partial charge < -0.3 is 9.47 Å². The molecule has 0 spiro atoms. The molecule has 0 radical (unpaired) electrons. The summed E-state index contributed by atoms with van der Waals surface area (Å²) in [6.45, 7) is 6.94.